The predicted molar refractivity (Wildman–Crippen MR) is 68.6 cm³/mol. The van der Waals surface area contributed by atoms with Gasteiger partial charge in [-0.2, -0.15) is 0 Å². The summed E-state index contributed by atoms with van der Waals surface area (Å²) in [5.74, 6) is 0.677. The number of benzene rings is 1. The molecule has 0 bridgehead atoms. The Morgan fingerprint density at radius 1 is 1.53 bits per heavy atom. The van der Waals surface area contributed by atoms with Crippen molar-refractivity contribution in [3.63, 3.8) is 0 Å². The van der Waals surface area contributed by atoms with Gasteiger partial charge in [0.2, 0.25) is 0 Å². The minimum absolute atomic E-state index is 0.156. The van der Waals surface area contributed by atoms with E-state index in [1.807, 2.05) is 6.92 Å². The quantitative estimate of drug-likeness (QED) is 0.786. The summed E-state index contributed by atoms with van der Waals surface area (Å²) in [6, 6.07) is 3.54. The standard InChI is InChI=1S/C12H15ClN2O2/c1-6-10(8(16)5-14)11-9(17-2)4-3-7(13)12(11)15-6/h3-4,8,15-16H,5,14H2,1-2H3. The minimum Gasteiger partial charge on any atom is -0.496 e. The van der Waals surface area contributed by atoms with Crippen LogP contribution in [0.5, 0.6) is 5.75 Å². The van der Waals surface area contributed by atoms with Crippen LogP contribution in [0.1, 0.15) is 17.4 Å². The van der Waals surface area contributed by atoms with Gasteiger partial charge in [-0.05, 0) is 19.1 Å². The molecule has 0 saturated carbocycles. The lowest BCUT2D eigenvalue weighted by Crippen LogP contribution is -2.12. The van der Waals surface area contributed by atoms with Gasteiger partial charge in [-0.3, -0.25) is 0 Å². The van der Waals surface area contributed by atoms with Crippen LogP contribution in [0.3, 0.4) is 0 Å². The average Bonchev–Trinajstić information content (AvgIpc) is 2.67. The number of halogens is 1. The van der Waals surface area contributed by atoms with E-state index in [2.05, 4.69) is 4.98 Å². The monoisotopic (exact) mass is 254 g/mol. The summed E-state index contributed by atoms with van der Waals surface area (Å²) in [6.45, 7) is 2.04. The van der Waals surface area contributed by atoms with Gasteiger partial charge >= 0.3 is 0 Å². The van der Waals surface area contributed by atoms with Crippen molar-refractivity contribution >= 4 is 22.5 Å². The summed E-state index contributed by atoms with van der Waals surface area (Å²) >= 11 is 6.12. The summed E-state index contributed by atoms with van der Waals surface area (Å²) in [7, 11) is 1.59. The van der Waals surface area contributed by atoms with Crippen LogP contribution in [0, 0.1) is 6.92 Å². The molecule has 2 aromatic rings. The number of hydrogen-bond donors (Lipinski definition) is 3. The Balaban J connectivity index is 2.82. The van der Waals surface area contributed by atoms with E-state index in [1.165, 1.54) is 0 Å². The Morgan fingerprint density at radius 3 is 2.82 bits per heavy atom. The van der Waals surface area contributed by atoms with E-state index in [1.54, 1.807) is 19.2 Å². The summed E-state index contributed by atoms with van der Waals surface area (Å²) in [6.07, 6.45) is -0.726. The van der Waals surface area contributed by atoms with Crippen LogP contribution >= 0.6 is 11.6 Å². The van der Waals surface area contributed by atoms with E-state index in [-0.39, 0.29) is 6.54 Å². The molecule has 1 aromatic heterocycles. The zero-order valence-electron chi connectivity index (χ0n) is 9.75. The second kappa shape index (κ2) is 4.56. The molecule has 0 aliphatic rings. The molecule has 92 valence electrons. The van der Waals surface area contributed by atoms with Gasteiger partial charge in [-0.15, -0.1) is 0 Å². The molecule has 4 N–H and O–H groups in total. The van der Waals surface area contributed by atoms with Crippen molar-refractivity contribution < 1.29 is 9.84 Å². The number of aryl methyl sites for hydroxylation is 1. The lowest BCUT2D eigenvalue weighted by atomic mass is 10.0. The van der Waals surface area contributed by atoms with Gasteiger partial charge in [0.05, 0.1) is 23.8 Å². The minimum atomic E-state index is -0.726. The van der Waals surface area contributed by atoms with Crippen molar-refractivity contribution in [1.82, 2.24) is 4.98 Å². The largest absolute Gasteiger partial charge is 0.496 e. The molecule has 0 amide bonds. The zero-order chi connectivity index (χ0) is 12.6. The first-order chi connectivity index (χ1) is 8.10. The molecule has 5 heteroatoms. The van der Waals surface area contributed by atoms with Crippen LogP contribution in [0.15, 0.2) is 12.1 Å². The number of aliphatic hydroxyl groups is 1. The van der Waals surface area contributed by atoms with Gasteiger partial charge in [-0.1, -0.05) is 11.6 Å². The van der Waals surface area contributed by atoms with Crippen LogP contribution in [-0.2, 0) is 0 Å². The molecule has 17 heavy (non-hydrogen) atoms. The number of aliphatic hydroxyl groups excluding tert-OH is 1. The fourth-order valence-electron chi connectivity index (χ4n) is 2.09. The number of nitrogens with two attached hydrogens (primary N) is 1. The van der Waals surface area contributed by atoms with Gasteiger partial charge in [0, 0.05) is 23.2 Å². The maximum Gasteiger partial charge on any atom is 0.128 e. The number of hydrogen-bond acceptors (Lipinski definition) is 3. The summed E-state index contributed by atoms with van der Waals surface area (Å²) < 4.78 is 5.30. The number of ether oxygens (including phenoxy) is 1. The van der Waals surface area contributed by atoms with E-state index in [0.717, 1.165) is 22.2 Å². The van der Waals surface area contributed by atoms with E-state index in [0.29, 0.717) is 10.8 Å². The second-order valence-corrected chi connectivity index (χ2v) is 4.32. The van der Waals surface area contributed by atoms with Crippen LogP contribution < -0.4 is 10.5 Å². The highest BCUT2D eigenvalue weighted by Gasteiger charge is 2.20. The van der Waals surface area contributed by atoms with Crippen molar-refractivity contribution in [3.8, 4) is 5.75 Å². The number of methoxy groups -OCH3 is 1. The maximum absolute atomic E-state index is 9.96. The summed E-state index contributed by atoms with van der Waals surface area (Å²) in [4.78, 5) is 3.16. The molecule has 0 fully saturated rings. The molecule has 1 aromatic carbocycles. The number of aromatic amines is 1. The van der Waals surface area contributed by atoms with Crippen molar-refractivity contribution in [1.29, 1.82) is 0 Å². The molecule has 1 unspecified atom stereocenters. The molecular weight excluding hydrogens is 240 g/mol. The van der Waals surface area contributed by atoms with Crippen molar-refractivity contribution in [2.24, 2.45) is 5.73 Å². The highest BCUT2D eigenvalue weighted by Crippen LogP contribution is 2.37. The van der Waals surface area contributed by atoms with E-state index in [9.17, 15) is 5.11 Å². The molecule has 0 aliphatic heterocycles. The van der Waals surface area contributed by atoms with Crippen LogP contribution in [0.25, 0.3) is 10.9 Å². The Bertz CT molecular complexity index is 551. The van der Waals surface area contributed by atoms with Gasteiger partial charge in [0.25, 0.3) is 0 Å². The van der Waals surface area contributed by atoms with Crippen molar-refractivity contribution in [2.45, 2.75) is 13.0 Å². The molecule has 2 rings (SSSR count). The van der Waals surface area contributed by atoms with Crippen LogP contribution in [0.2, 0.25) is 5.02 Å². The molecule has 0 radical (unpaired) electrons. The first kappa shape index (κ1) is 12.2. The van der Waals surface area contributed by atoms with Crippen LogP contribution in [-0.4, -0.2) is 23.7 Å². The first-order valence-electron chi connectivity index (χ1n) is 5.33. The number of rotatable bonds is 3. The first-order valence-corrected chi connectivity index (χ1v) is 5.70. The Morgan fingerprint density at radius 2 is 2.24 bits per heavy atom. The molecular formula is C12H15ClN2O2. The van der Waals surface area contributed by atoms with Gasteiger partial charge in [0.1, 0.15) is 5.75 Å². The smallest absolute Gasteiger partial charge is 0.128 e. The third-order valence-corrected chi connectivity index (χ3v) is 3.19. The number of H-pyrrole nitrogens is 1. The molecule has 0 aliphatic carbocycles. The average molecular weight is 255 g/mol. The fraction of sp³-hybridized carbons (Fsp3) is 0.333. The second-order valence-electron chi connectivity index (χ2n) is 3.91. The highest BCUT2D eigenvalue weighted by atomic mass is 35.5. The number of fused-ring (bicyclic) bond motifs is 1. The molecule has 0 saturated heterocycles. The Kier molecular flexibility index (Phi) is 3.28. The van der Waals surface area contributed by atoms with E-state index >= 15 is 0 Å². The van der Waals surface area contributed by atoms with Gasteiger partial charge in [0.15, 0.2) is 0 Å². The van der Waals surface area contributed by atoms with Crippen molar-refractivity contribution in [3.05, 3.63) is 28.4 Å². The molecule has 0 spiro atoms. The predicted octanol–water partition coefficient (Wildman–Crippen LogP) is 2.13. The fourth-order valence-corrected chi connectivity index (χ4v) is 2.30. The summed E-state index contributed by atoms with van der Waals surface area (Å²) in [5.41, 5.74) is 7.89. The van der Waals surface area contributed by atoms with E-state index < -0.39 is 6.10 Å². The third kappa shape index (κ3) is 1.88. The lowest BCUT2D eigenvalue weighted by Gasteiger charge is -2.10. The zero-order valence-corrected chi connectivity index (χ0v) is 10.5. The Labute approximate surface area is 104 Å². The van der Waals surface area contributed by atoms with Crippen LogP contribution in [0.4, 0.5) is 0 Å². The van der Waals surface area contributed by atoms with Crippen molar-refractivity contribution in [2.75, 3.05) is 13.7 Å². The highest BCUT2D eigenvalue weighted by molar-refractivity contribution is 6.35. The molecule has 4 nitrogen and oxygen atoms in total. The topological polar surface area (TPSA) is 71.3 Å². The SMILES string of the molecule is COc1ccc(Cl)c2[nH]c(C)c(C(O)CN)c12. The number of nitrogens with one attached hydrogen (secondary N) is 1. The summed E-state index contributed by atoms with van der Waals surface area (Å²) in [5, 5.41) is 11.4. The van der Waals surface area contributed by atoms with Gasteiger partial charge in [-0.25, -0.2) is 0 Å². The van der Waals surface area contributed by atoms with Gasteiger partial charge < -0.3 is 20.6 Å². The third-order valence-electron chi connectivity index (χ3n) is 2.88. The number of aromatic nitrogens is 1. The molecule has 1 atom stereocenters. The Hall–Kier alpha value is -1.23. The normalized spacial score (nSPS) is 13.0. The van der Waals surface area contributed by atoms with E-state index in [4.69, 9.17) is 22.1 Å². The molecule has 1 heterocycles. The lowest BCUT2D eigenvalue weighted by molar-refractivity contribution is 0.187. The maximum atomic E-state index is 9.96.